The standard InChI is InChI=1S/C13H13NO3/c15-12(11-8-14-9-16-11)13(6-7-13)17-10-4-2-1-3-5-10/h1-5,8-9,12,15H,6-7H2. The Morgan fingerprint density at radius 3 is 2.65 bits per heavy atom. The van der Waals surface area contributed by atoms with Gasteiger partial charge in [0, 0.05) is 0 Å². The minimum Gasteiger partial charge on any atom is -0.484 e. The van der Waals surface area contributed by atoms with E-state index in [1.807, 2.05) is 30.3 Å². The van der Waals surface area contributed by atoms with Crippen molar-refractivity contribution in [1.82, 2.24) is 4.98 Å². The zero-order chi connectivity index (χ0) is 11.7. The van der Waals surface area contributed by atoms with Gasteiger partial charge in [0.25, 0.3) is 0 Å². The molecule has 0 aliphatic heterocycles. The smallest absolute Gasteiger partial charge is 0.180 e. The van der Waals surface area contributed by atoms with Gasteiger partial charge in [-0.1, -0.05) is 18.2 Å². The normalized spacial score (nSPS) is 18.6. The van der Waals surface area contributed by atoms with Crippen molar-refractivity contribution in [3.63, 3.8) is 0 Å². The van der Waals surface area contributed by atoms with Crippen molar-refractivity contribution in [2.24, 2.45) is 0 Å². The summed E-state index contributed by atoms with van der Waals surface area (Å²) in [5.74, 6) is 1.22. The van der Waals surface area contributed by atoms with Gasteiger partial charge in [0.05, 0.1) is 6.20 Å². The predicted molar refractivity (Wildman–Crippen MR) is 60.5 cm³/mol. The maximum Gasteiger partial charge on any atom is 0.180 e. The van der Waals surface area contributed by atoms with Crippen LogP contribution in [0.15, 0.2) is 47.3 Å². The van der Waals surface area contributed by atoms with Gasteiger partial charge in [0.2, 0.25) is 0 Å². The van der Waals surface area contributed by atoms with Gasteiger partial charge in [0.15, 0.2) is 18.3 Å². The molecule has 0 spiro atoms. The number of para-hydroxylation sites is 1. The second-order valence-corrected chi connectivity index (χ2v) is 4.29. The summed E-state index contributed by atoms with van der Waals surface area (Å²) in [6.45, 7) is 0. The summed E-state index contributed by atoms with van der Waals surface area (Å²) in [4.78, 5) is 3.81. The van der Waals surface area contributed by atoms with E-state index in [1.165, 1.54) is 12.6 Å². The molecule has 0 radical (unpaired) electrons. The maximum atomic E-state index is 10.2. The highest BCUT2D eigenvalue weighted by atomic mass is 16.5. The van der Waals surface area contributed by atoms with E-state index in [0.717, 1.165) is 18.6 Å². The van der Waals surface area contributed by atoms with Gasteiger partial charge in [-0.15, -0.1) is 0 Å². The van der Waals surface area contributed by atoms with Gasteiger partial charge < -0.3 is 14.3 Å². The highest BCUT2D eigenvalue weighted by Crippen LogP contribution is 2.49. The average Bonchev–Trinajstić information content (AvgIpc) is 2.94. The molecule has 1 fully saturated rings. The molecule has 1 aliphatic carbocycles. The molecule has 0 bridgehead atoms. The zero-order valence-corrected chi connectivity index (χ0v) is 9.24. The van der Waals surface area contributed by atoms with Gasteiger partial charge in [0.1, 0.15) is 11.4 Å². The molecule has 1 aromatic heterocycles. The number of aromatic nitrogens is 1. The molecular formula is C13H13NO3. The van der Waals surface area contributed by atoms with Gasteiger partial charge in [-0.2, -0.15) is 0 Å². The van der Waals surface area contributed by atoms with E-state index in [1.54, 1.807) is 0 Å². The Hall–Kier alpha value is -1.81. The average molecular weight is 231 g/mol. The van der Waals surface area contributed by atoms with Crippen molar-refractivity contribution in [2.45, 2.75) is 24.5 Å². The molecule has 4 heteroatoms. The molecule has 3 rings (SSSR count). The number of oxazole rings is 1. The first-order valence-corrected chi connectivity index (χ1v) is 5.61. The number of hydrogen-bond acceptors (Lipinski definition) is 4. The number of benzene rings is 1. The van der Waals surface area contributed by atoms with Crippen LogP contribution in [0, 0.1) is 0 Å². The summed E-state index contributed by atoms with van der Waals surface area (Å²) >= 11 is 0. The van der Waals surface area contributed by atoms with Crippen molar-refractivity contribution in [1.29, 1.82) is 0 Å². The van der Waals surface area contributed by atoms with Gasteiger partial charge in [-0.05, 0) is 25.0 Å². The second-order valence-electron chi connectivity index (χ2n) is 4.29. The first-order chi connectivity index (χ1) is 8.30. The molecule has 4 nitrogen and oxygen atoms in total. The first kappa shape index (κ1) is 10.4. The van der Waals surface area contributed by atoms with Gasteiger partial charge >= 0.3 is 0 Å². The number of hydrogen-bond donors (Lipinski definition) is 1. The molecule has 2 aromatic rings. The van der Waals surface area contributed by atoms with E-state index in [0.29, 0.717) is 5.76 Å². The van der Waals surface area contributed by atoms with Crippen LogP contribution in [0.1, 0.15) is 24.7 Å². The second kappa shape index (κ2) is 3.89. The van der Waals surface area contributed by atoms with Crippen molar-refractivity contribution >= 4 is 0 Å². The lowest BCUT2D eigenvalue weighted by Crippen LogP contribution is -2.27. The summed E-state index contributed by atoms with van der Waals surface area (Å²) in [6.07, 6.45) is 3.73. The number of aliphatic hydroxyl groups excluding tert-OH is 1. The molecule has 1 atom stereocenters. The topological polar surface area (TPSA) is 55.5 Å². The number of nitrogens with zero attached hydrogens (tertiary/aromatic N) is 1. The quantitative estimate of drug-likeness (QED) is 0.877. The molecule has 1 heterocycles. The largest absolute Gasteiger partial charge is 0.484 e. The molecule has 1 aromatic carbocycles. The Kier molecular flexibility index (Phi) is 2.37. The third-order valence-electron chi connectivity index (χ3n) is 3.03. The summed E-state index contributed by atoms with van der Waals surface area (Å²) in [5.41, 5.74) is -0.541. The Balaban J connectivity index is 1.78. The van der Waals surface area contributed by atoms with E-state index in [-0.39, 0.29) is 0 Å². The molecule has 17 heavy (non-hydrogen) atoms. The van der Waals surface area contributed by atoms with E-state index in [2.05, 4.69) is 4.98 Å². The fourth-order valence-electron chi connectivity index (χ4n) is 1.90. The molecule has 88 valence electrons. The summed E-state index contributed by atoms with van der Waals surface area (Å²) in [5, 5.41) is 10.2. The summed E-state index contributed by atoms with van der Waals surface area (Å²) < 4.78 is 11.0. The third kappa shape index (κ3) is 1.91. The molecule has 0 amide bonds. The van der Waals surface area contributed by atoms with Crippen LogP contribution in [0.4, 0.5) is 0 Å². The van der Waals surface area contributed by atoms with Crippen LogP contribution in [0.2, 0.25) is 0 Å². The molecule has 0 saturated heterocycles. The van der Waals surface area contributed by atoms with E-state index < -0.39 is 11.7 Å². The van der Waals surface area contributed by atoms with Crippen LogP contribution in [-0.2, 0) is 0 Å². The SMILES string of the molecule is OC(c1cnco1)C1(Oc2ccccc2)CC1. The fourth-order valence-corrected chi connectivity index (χ4v) is 1.90. The monoisotopic (exact) mass is 231 g/mol. The molecular weight excluding hydrogens is 218 g/mol. The third-order valence-corrected chi connectivity index (χ3v) is 3.03. The van der Waals surface area contributed by atoms with Crippen molar-refractivity contribution in [3.8, 4) is 5.75 Å². The van der Waals surface area contributed by atoms with Crippen LogP contribution < -0.4 is 4.74 Å². The lowest BCUT2D eigenvalue weighted by atomic mass is 10.1. The maximum absolute atomic E-state index is 10.2. The highest BCUT2D eigenvalue weighted by Gasteiger charge is 2.53. The predicted octanol–water partition coefficient (Wildman–Crippen LogP) is 2.32. The van der Waals surface area contributed by atoms with Crippen molar-refractivity contribution in [3.05, 3.63) is 48.7 Å². The molecule has 1 unspecified atom stereocenters. The minimum absolute atomic E-state index is 0.457. The van der Waals surface area contributed by atoms with Crippen molar-refractivity contribution in [2.75, 3.05) is 0 Å². The van der Waals surface area contributed by atoms with Crippen LogP contribution in [0.3, 0.4) is 0 Å². The van der Waals surface area contributed by atoms with Crippen LogP contribution in [0.5, 0.6) is 5.75 Å². The Morgan fingerprint density at radius 2 is 2.06 bits per heavy atom. The minimum atomic E-state index is -0.759. The Labute approximate surface area is 98.9 Å². The van der Waals surface area contributed by atoms with Gasteiger partial charge in [-0.3, -0.25) is 0 Å². The summed E-state index contributed by atoms with van der Waals surface area (Å²) in [6, 6.07) is 9.51. The van der Waals surface area contributed by atoms with E-state index >= 15 is 0 Å². The molecule has 1 saturated carbocycles. The van der Waals surface area contributed by atoms with E-state index in [4.69, 9.17) is 9.15 Å². The van der Waals surface area contributed by atoms with Crippen LogP contribution in [-0.4, -0.2) is 15.7 Å². The highest BCUT2D eigenvalue weighted by molar-refractivity contribution is 5.25. The van der Waals surface area contributed by atoms with Crippen LogP contribution in [0.25, 0.3) is 0 Å². The lowest BCUT2D eigenvalue weighted by Gasteiger charge is -2.22. The Bertz CT molecular complexity index is 477. The van der Waals surface area contributed by atoms with Crippen LogP contribution >= 0.6 is 0 Å². The lowest BCUT2D eigenvalue weighted by molar-refractivity contribution is 0.00311. The Morgan fingerprint density at radius 1 is 1.29 bits per heavy atom. The first-order valence-electron chi connectivity index (χ1n) is 5.61. The molecule has 1 aliphatic rings. The zero-order valence-electron chi connectivity index (χ0n) is 9.24. The number of aliphatic hydroxyl groups is 1. The van der Waals surface area contributed by atoms with Gasteiger partial charge in [-0.25, -0.2) is 4.98 Å². The fraction of sp³-hybridized carbons (Fsp3) is 0.308. The van der Waals surface area contributed by atoms with E-state index in [9.17, 15) is 5.11 Å². The number of ether oxygens (including phenoxy) is 1. The summed E-state index contributed by atoms with van der Waals surface area (Å²) in [7, 11) is 0. The van der Waals surface area contributed by atoms with Crippen molar-refractivity contribution < 1.29 is 14.3 Å². The molecule has 1 N–H and O–H groups in total. The number of rotatable bonds is 4.